The summed E-state index contributed by atoms with van der Waals surface area (Å²) >= 11 is 1.60. The summed E-state index contributed by atoms with van der Waals surface area (Å²) in [7, 11) is 0. The topological polar surface area (TPSA) is 87.7 Å². The molecular weight excluding hydrogens is 486 g/mol. The van der Waals surface area contributed by atoms with Crippen LogP contribution in [0.2, 0.25) is 0 Å². The lowest BCUT2D eigenvalue weighted by atomic mass is 9.73. The molecule has 3 fully saturated rings. The van der Waals surface area contributed by atoms with E-state index in [0.29, 0.717) is 23.9 Å². The number of hydrogen-bond acceptors (Lipinski definition) is 5. The molecule has 1 aliphatic carbocycles. The lowest BCUT2D eigenvalue weighted by Gasteiger charge is -2.39. The van der Waals surface area contributed by atoms with Crippen molar-refractivity contribution in [1.82, 2.24) is 10.2 Å². The Morgan fingerprint density at radius 3 is 2.76 bits per heavy atom. The second-order valence-electron chi connectivity index (χ2n) is 11.3. The van der Waals surface area contributed by atoms with Gasteiger partial charge in [-0.05, 0) is 56.1 Å². The van der Waals surface area contributed by atoms with Crippen LogP contribution in [-0.4, -0.2) is 58.7 Å². The van der Waals surface area contributed by atoms with Gasteiger partial charge in [0, 0.05) is 22.7 Å². The number of ether oxygens (including phenoxy) is 1. The van der Waals surface area contributed by atoms with Crippen LogP contribution >= 0.6 is 11.8 Å². The first-order valence-corrected chi connectivity index (χ1v) is 14.9. The Kier molecular flexibility index (Phi) is 7.18. The van der Waals surface area contributed by atoms with Crippen molar-refractivity contribution in [2.45, 2.75) is 88.1 Å². The zero-order valence-electron chi connectivity index (χ0n) is 22.4. The highest BCUT2D eigenvalue weighted by Gasteiger charge is 2.73. The van der Waals surface area contributed by atoms with Gasteiger partial charge < -0.3 is 20.3 Å². The van der Waals surface area contributed by atoms with Crippen LogP contribution in [0.4, 0.5) is 5.69 Å². The minimum Gasteiger partial charge on any atom is -0.359 e. The van der Waals surface area contributed by atoms with Crippen LogP contribution in [0.3, 0.4) is 0 Å². The van der Waals surface area contributed by atoms with Gasteiger partial charge in [0.15, 0.2) is 0 Å². The van der Waals surface area contributed by atoms with Crippen molar-refractivity contribution in [3.63, 3.8) is 0 Å². The normalized spacial score (nSPS) is 36.9. The van der Waals surface area contributed by atoms with E-state index in [0.717, 1.165) is 17.7 Å². The molecule has 3 heterocycles. The third kappa shape index (κ3) is 4.30. The van der Waals surface area contributed by atoms with Gasteiger partial charge in [0.25, 0.3) is 0 Å². The summed E-state index contributed by atoms with van der Waals surface area (Å²) in [6.45, 7) is 8.43. The van der Waals surface area contributed by atoms with Crippen molar-refractivity contribution in [3.8, 4) is 0 Å². The molecule has 8 heteroatoms. The number of benzene rings is 1. The van der Waals surface area contributed by atoms with Gasteiger partial charge in [0.2, 0.25) is 17.7 Å². The zero-order valence-corrected chi connectivity index (χ0v) is 23.2. The lowest BCUT2D eigenvalue weighted by molar-refractivity contribution is -0.144. The van der Waals surface area contributed by atoms with Gasteiger partial charge in [-0.2, -0.15) is 0 Å². The predicted molar refractivity (Wildman–Crippen MR) is 145 cm³/mol. The maximum absolute atomic E-state index is 14.0. The molecule has 3 amide bonds. The number of amides is 3. The van der Waals surface area contributed by atoms with E-state index in [2.05, 4.69) is 24.5 Å². The van der Waals surface area contributed by atoms with E-state index < -0.39 is 29.6 Å². The summed E-state index contributed by atoms with van der Waals surface area (Å²) in [5.74, 6) is -1.07. The van der Waals surface area contributed by atoms with Crippen LogP contribution in [0.1, 0.15) is 53.4 Å². The molecule has 0 aromatic heterocycles. The summed E-state index contributed by atoms with van der Waals surface area (Å²) in [6.07, 6.45) is 9.13. The summed E-state index contributed by atoms with van der Waals surface area (Å²) in [5, 5.41) is 6.32. The fourth-order valence-corrected chi connectivity index (χ4v) is 7.31. The van der Waals surface area contributed by atoms with E-state index in [1.807, 2.05) is 56.5 Å². The third-order valence-corrected chi connectivity index (χ3v) is 10.0. The Morgan fingerprint density at radius 1 is 1.24 bits per heavy atom. The molecule has 0 unspecified atom stereocenters. The molecule has 2 saturated heterocycles. The SMILES string of the molecule is CC[C@H](C)N1C(=O)[C@H]2[C@H](C(=O)Nc3cccc(SC)c3)[C@H]3C=C[C@@]2(O3)[C@@H]1C(=O)N[C@@H]1CCC[C@H](C)[C@@H]1C. The molecule has 5 rings (SSSR count). The fourth-order valence-electron chi connectivity index (χ4n) is 6.85. The number of rotatable bonds is 7. The molecule has 3 aliphatic heterocycles. The first kappa shape index (κ1) is 26.3. The van der Waals surface area contributed by atoms with E-state index in [9.17, 15) is 14.4 Å². The van der Waals surface area contributed by atoms with E-state index >= 15 is 0 Å². The molecule has 4 aliphatic rings. The van der Waals surface area contributed by atoms with Gasteiger partial charge in [0.05, 0.1) is 17.9 Å². The van der Waals surface area contributed by atoms with E-state index in [4.69, 9.17) is 4.74 Å². The van der Waals surface area contributed by atoms with Gasteiger partial charge in [-0.3, -0.25) is 14.4 Å². The van der Waals surface area contributed by atoms with Gasteiger partial charge in [-0.25, -0.2) is 0 Å². The van der Waals surface area contributed by atoms with Gasteiger partial charge in [-0.1, -0.05) is 51.8 Å². The number of anilines is 1. The summed E-state index contributed by atoms with van der Waals surface area (Å²) < 4.78 is 6.47. The molecule has 0 radical (unpaired) electrons. The second kappa shape index (κ2) is 10.1. The Bertz CT molecular complexity index is 1110. The number of nitrogens with zero attached hydrogens (tertiary/aromatic N) is 1. The Hall–Kier alpha value is -2.32. The smallest absolute Gasteiger partial charge is 0.246 e. The highest BCUT2D eigenvalue weighted by atomic mass is 32.2. The monoisotopic (exact) mass is 525 g/mol. The highest BCUT2D eigenvalue weighted by molar-refractivity contribution is 7.98. The van der Waals surface area contributed by atoms with Crippen LogP contribution in [0.15, 0.2) is 41.3 Å². The molecule has 1 aromatic carbocycles. The molecule has 7 nitrogen and oxygen atoms in total. The van der Waals surface area contributed by atoms with E-state index in [1.165, 1.54) is 6.42 Å². The number of likely N-dealkylation sites (tertiary alicyclic amines) is 1. The van der Waals surface area contributed by atoms with Crippen molar-refractivity contribution < 1.29 is 19.1 Å². The standard InChI is InChI=1S/C29H39N3O4S/c1-6-17(3)32-25(27(34)31-21-12-7-9-16(2)18(21)4)29-14-13-22(36-29)23(24(29)28(32)35)26(33)30-19-10-8-11-20(15-19)37-5/h8,10-11,13-18,21-25H,6-7,9,12H2,1-5H3,(H,30,33)(H,31,34)/t16-,17-,18-,21+,22+,23+,24+,25-,29-/m0/s1. The quantitative estimate of drug-likeness (QED) is 0.411. The fraction of sp³-hybridized carbons (Fsp3) is 0.621. The summed E-state index contributed by atoms with van der Waals surface area (Å²) in [4.78, 5) is 44.3. The number of carbonyl (C=O) groups is 3. The molecule has 1 aromatic rings. The van der Waals surface area contributed by atoms with Crippen molar-refractivity contribution >= 4 is 35.2 Å². The van der Waals surface area contributed by atoms with Crippen LogP contribution < -0.4 is 10.6 Å². The predicted octanol–water partition coefficient (Wildman–Crippen LogP) is 4.24. The van der Waals surface area contributed by atoms with E-state index in [1.54, 1.807) is 16.7 Å². The second-order valence-corrected chi connectivity index (χ2v) is 12.2. The minimum atomic E-state index is -1.12. The Labute approximate surface area is 224 Å². The average Bonchev–Trinajstić information content (AvgIpc) is 3.53. The van der Waals surface area contributed by atoms with Crippen LogP contribution in [0.25, 0.3) is 0 Å². The van der Waals surface area contributed by atoms with Gasteiger partial charge >= 0.3 is 0 Å². The van der Waals surface area contributed by atoms with Gasteiger partial charge in [0.1, 0.15) is 11.6 Å². The average molecular weight is 526 g/mol. The first-order valence-electron chi connectivity index (χ1n) is 13.7. The largest absolute Gasteiger partial charge is 0.359 e. The van der Waals surface area contributed by atoms with Crippen LogP contribution in [-0.2, 0) is 19.1 Å². The molecule has 200 valence electrons. The van der Waals surface area contributed by atoms with Crippen molar-refractivity contribution in [2.24, 2.45) is 23.7 Å². The molecule has 2 N–H and O–H groups in total. The number of nitrogens with one attached hydrogen (secondary N) is 2. The number of thioether (sulfide) groups is 1. The lowest BCUT2D eigenvalue weighted by Crippen LogP contribution is -2.59. The number of carbonyl (C=O) groups excluding carboxylic acids is 3. The highest BCUT2D eigenvalue weighted by Crippen LogP contribution is 2.56. The van der Waals surface area contributed by atoms with Crippen molar-refractivity contribution in [1.29, 1.82) is 0 Å². The number of fused-ring (bicyclic) bond motifs is 1. The third-order valence-electron chi connectivity index (χ3n) is 9.30. The maximum atomic E-state index is 14.0. The zero-order chi connectivity index (χ0) is 26.5. The molecule has 1 saturated carbocycles. The molecule has 1 spiro atoms. The number of hydrogen-bond donors (Lipinski definition) is 2. The molecule has 37 heavy (non-hydrogen) atoms. The van der Waals surface area contributed by atoms with Gasteiger partial charge in [-0.15, -0.1) is 11.8 Å². The summed E-state index contributed by atoms with van der Waals surface area (Å²) in [6, 6.07) is 6.80. The van der Waals surface area contributed by atoms with Crippen LogP contribution in [0, 0.1) is 23.7 Å². The molecule has 9 atom stereocenters. The van der Waals surface area contributed by atoms with Crippen molar-refractivity contribution in [2.75, 3.05) is 11.6 Å². The molecule has 2 bridgehead atoms. The van der Waals surface area contributed by atoms with Crippen LogP contribution in [0.5, 0.6) is 0 Å². The summed E-state index contributed by atoms with van der Waals surface area (Å²) in [5.41, 5.74) is -0.432. The minimum absolute atomic E-state index is 0.0750. The van der Waals surface area contributed by atoms with Crippen molar-refractivity contribution in [3.05, 3.63) is 36.4 Å². The van der Waals surface area contributed by atoms with E-state index in [-0.39, 0.29) is 29.8 Å². The first-order chi connectivity index (χ1) is 17.7. The Balaban J connectivity index is 1.44. The maximum Gasteiger partial charge on any atom is 0.246 e. The Morgan fingerprint density at radius 2 is 2.03 bits per heavy atom. The molecular formula is C29H39N3O4S.